The molecule has 1 N–H and O–H groups in total. The average Bonchev–Trinajstić information content (AvgIpc) is 3.29. The summed E-state index contributed by atoms with van der Waals surface area (Å²) in [6, 6.07) is 11.1. The van der Waals surface area contributed by atoms with Gasteiger partial charge in [-0.15, -0.1) is 0 Å². The fourth-order valence-electron chi connectivity index (χ4n) is 3.63. The van der Waals surface area contributed by atoms with E-state index in [1.165, 1.54) is 12.1 Å². The summed E-state index contributed by atoms with van der Waals surface area (Å²) in [5.41, 5.74) is 1.49. The summed E-state index contributed by atoms with van der Waals surface area (Å²) in [7, 11) is -7.79. The van der Waals surface area contributed by atoms with Crippen molar-refractivity contribution in [2.24, 2.45) is 0 Å². The first-order valence-electron chi connectivity index (χ1n) is 11.3. The molecule has 184 valence electrons. The van der Waals surface area contributed by atoms with E-state index in [4.69, 9.17) is 0 Å². The van der Waals surface area contributed by atoms with Crippen LogP contribution in [0.4, 0.5) is 0 Å². The predicted molar refractivity (Wildman–Crippen MR) is 133 cm³/mol. The van der Waals surface area contributed by atoms with Crippen LogP contribution in [0.25, 0.3) is 0 Å². The van der Waals surface area contributed by atoms with Crippen molar-refractivity contribution < 1.29 is 16.8 Å². The van der Waals surface area contributed by atoms with Gasteiger partial charge in [0.05, 0.1) is 21.0 Å². The summed E-state index contributed by atoms with van der Waals surface area (Å²) in [5.74, 6) is -0.0969. The van der Waals surface area contributed by atoms with Gasteiger partial charge in [-0.1, -0.05) is 52.8 Å². The first-order valence-corrected chi connectivity index (χ1v) is 14.2. The Labute approximate surface area is 203 Å². The lowest BCUT2D eigenvalue weighted by Crippen LogP contribution is -2.27. The molecule has 2 aromatic carbocycles. The van der Waals surface area contributed by atoms with E-state index in [2.05, 4.69) is 30.5 Å². The third-order valence-corrected chi connectivity index (χ3v) is 8.97. The van der Waals surface area contributed by atoms with Crippen molar-refractivity contribution in [3.63, 3.8) is 0 Å². The van der Waals surface area contributed by atoms with Gasteiger partial charge >= 0.3 is 0 Å². The zero-order valence-corrected chi connectivity index (χ0v) is 21.9. The molecule has 34 heavy (non-hydrogen) atoms. The van der Waals surface area contributed by atoms with Crippen LogP contribution in [0, 0.1) is 0 Å². The van der Waals surface area contributed by atoms with Crippen LogP contribution >= 0.6 is 0 Å². The van der Waals surface area contributed by atoms with Gasteiger partial charge < -0.3 is 4.57 Å². The lowest BCUT2D eigenvalue weighted by atomic mass is 9.87. The number of nitrogens with one attached hydrogen (secondary N) is 1. The minimum absolute atomic E-state index is 0.00230. The molecule has 3 aromatic rings. The van der Waals surface area contributed by atoms with Crippen LogP contribution in [-0.2, 0) is 31.8 Å². The Morgan fingerprint density at radius 1 is 0.971 bits per heavy atom. The normalized spacial score (nSPS) is 12.9. The van der Waals surface area contributed by atoms with Crippen molar-refractivity contribution in [1.29, 1.82) is 0 Å². The molecule has 1 heterocycles. The molecule has 0 fully saturated rings. The summed E-state index contributed by atoms with van der Waals surface area (Å²) in [5, 5.41) is 0. The molecular formula is C25H33N3O4S2. The number of nitrogens with zero attached hydrogens (tertiary/aromatic N) is 2. The van der Waals surface area contributed by atoms with E-state index in [9.17, 15) is 16.8 Å². The zero-order chi connectivity index (χ0) is 25.1. The number of benzene rings is 2. The second kappa shape index (κ2) is 10.0. The van der Waals surface area contributed by atoms with Gasteiger partial charge in [0.2, 0.25) is 19.9 Å². The summed E-state index contributed by atoms with van der Waals surface area (Å²) in [6.45, 7) is 10.8. The van der Waals surface area contributed by atoms with Crippen LogP contribution in [-0.4, -0.2) is 32.9 Å². The highest BCUT2D eigenvalue weighted by Crippen LogP contribution is 2.30. The second-order valence-corrected chi connectivity index (χ2v) is 13.4. The van der Waals surface area contributed by atoms with E-state index in [1.807, 2.05) is 24.6 Å². The fourth-order valence-corrected chi connectivity index (χ4v) is 6.45. The highest BCUT2D eigenvalue weighted by Gasteiger charge is 2.25. The quantitative estimate of drug-likeness (QED) is 0.434. The van der Waals surface area contributed by atoms with Gasteiger partial charge in [-0.3, -0.25) is 0 Å². The van der Waals surface area contributed by atoms with E-state index in [0.29, 0.717) is 18.5 Å². The van der Waals surface area contributed by atoms with E-state index in [1.54, 1.807) is 42.9 Å². The Balaban J connectivity index is 1.90. The number of hydrogen-bond acceptors (Lipinski definition) is 5. The maximum Gasteiger partial charge on any atom is 0.240 e. The molecule has 0 amide bonds. The molecule has 0 aliphatic rings. The molecule has 0 bridgehead atoms. The van der Waals surface area contributed by atoms with Crippen molar-refractivity contribution in [3.05, 3.63) is 72.3 Å². The Morgan fingerprint density at radius 2 is 1.62 bits per heavy atom. The molecular weight excluding hydrogens is 470 g/mol. The highest BCUT2D eigenvalue weighted by molar-refractivity contribution is 7.91. The number of rotatable bonds is 9. The van der Waals surface area contributed by atoms with Crippen LogP contribution in [0.1, 0.15) is 58.1 Å². The number of aryl methyl sites for hydroxylation is 1. The van der Waals surface area contributed by atoms with Gasteiger partial charge in [0, 0.05) is 25.5 Å². The number of aromatic nitrogens is 2. The first-order chi connectivity index (χ1) is 15.8. The maximum atomic E-state index is 13.3. The first kappa shape index (κ1) is 26.1. The van der Waals surface area contributed by atoms with Crippen LogP contribution in [0.2, 0.25) is 0 Å². The number of sulfone groups is 1. The van der Waals surface area contributed by atoms with Crippen molar-refractivity contribution in [2.45, 2.75) is 73.6 Å². The maximum absolute atomic E-state index is 13.3. The Morgan fingerprint density at radius 3 is 2.18 bits per heavy atom. The summed E-state index contributed by atoms with van der Waals surface area (Å²) in [4.78, 5) is 4.06. The average molecular weight is 504 g/mol. The number of sulfonamides is 1. The second-order valence-electron chi connectivity index (χ2n) is 9.68. The monoisotopic (exact) mass is 503 g/mol. The predicted octanol–water partition coefficient (Wildman–Crippen LogP) is 4.51. The molecule has 0 spiro atoms. The summed E-state index contributed by atoms with van der Waals surface area (Å²) >= 11 is 0. The molecule has 0 aliphatic heterocycles. The van der Waals surface area contributed by atoms with E-state index < -0.39 is 19.9 Å². The molecule has 1 aromatic heterocycles. The molecule has 7 nitrogen and oxygen atoms in total. The van der Waals surface area contributed by atoms with Gasteiger partial charge in [-0.2, -0.15) is 0 Å². The lowest BCUT2D eigenvalue weighted by Gasteiger charge is -2.19. The Kier molecular flexibility index (Phi) is 7.69. The molecule has 0 saturated carbocycles. The molecule has 0 unspecified atom stereocenters. The molecule has 0 radical (unpaired) electrons. The lowest BCUT2D eigenvalue weighted by molar-refractivity contribution is 0.567. The van der Waals surface area contributed by atoms with Crippen LogP contribution < -0.4 is 4.72 Å². The van der Waals surface area contributed by atoms with Gasteiger partial charge in [0.15, 0.2) is 0 Å². The van der Waals surface area contributed by atoms with Crippen LogP contribution in [0.15, 0.2) is 75.9 Å². The molecule has 0 saturated heterocycles. The fraction of sp³-hybridized carbons (Fsp3) is 0.400. The topological polar surface area (TPSA) is 98.1 Å². The number of hydrogen-bond donors (Lipinski definition) is 1. The standard InChI is InChI=1S/C25H33N3O4S2/c1-19(2)23-12-11-22(33(29,30)21-9-7-20(8-10-21)25(3,4)5)17-24(23)34(31,32)27-13-6-15-28-16-14-26-18-28/h7-12,14,16-19,27H,6,13,15H2,1-5H3. The zero-order valence-electron chi connectivity index (χ0n) is 20.3. The van der Waals surface area contributed by atoms with Crippen molar-refractivity contribution in [2.75, 3.05) is 6.54 Å². The van der Waals surface area contributed by atoms with E-state index >= 15 is 0 Å². The highest BCUT2D eigenvalue weighted by atomic mass is 32.2. The molecule has 3 rings (SSSR count). The Bertz CT molecular complexity index is 1320. The Hall–Kier alpha value is -2.49. The summed E-state index contributed by atoms with van der Waals surface area (Å²) in [6.07, 6.45) is 5.73. The van der Waals surface area contributed by atoms with Gasteiger partial charge in [-0.25, -0.2) is 26.5 Å². The van der Waals surface area contributed by atoms with E-state index in [0.717, 1.165) is 5.56 Å². The van der Waals surface area contributed by atoms with Crippen LogP contribution in [0.5, 0.6) is 0 Å². The third-order valence-electron chi connectivity index (χ3n) is 5.68. The minimum atomic E-state index is -3.91. The van der Waals surface area contributed by atoms with Gasteiger partial charge in [0.1, 0.15) is 0 Å². The van der Waals surface area contributed by atoms with E-state index in [-0.39, 0.29) is 32.6 Å². The van der Waals surface area contributed by atoms with Gasteiger partial charge in [0.25, 0.3) is 0 Å². The van der Waals surface area contributed by atoms with Crippen molar-refractivity contribution >= 4 is 19.9 Å². The molecule has 9 heteroatoms. The largest absolute Gasteiger partial charge is 0.337 e. The van der Waals surface area contributed by atoms with Gasteiger partial charge in [-0.05, 0) is 53.1 Å². The van der Waals surface area contributed by atoms with Crippen molar-refractivity contribution in [3.8, 4) is 0 Å². The molecule has 0 atom stereocenters. The smallest absolute Gasteiger partial charge is 0.240 e. The minimum Gasteiger partial charge on any atom is -0.337 e. The van der Waals surface area contributed by atoms with Crippen LogP contribution in [0.3, 0.4) is 0 Å². The SMILES string of the molecule is CC(C)c1ccc(S(=O)(=O)c2ccc(C(C)(C)C)cc2)cc1S(=O)(=O)NCCCn1ccnc1. The molecule has 0 aliphatic carbocycles. The third kappa shape index (κ3) is 5.95. The summed E-state index contributed by atoms with van der Waals surface area (Å²) < 4.78 is 57.5. The number of imidazole rings is 1. The van der Waals surface area contributed by atoms with Crippen molar-refractivity contribution in [1.82, 2.24) is 14.3 Å².